The molecule has 1 atom stereocenters. The van der Waals surface area contributed by atoms with Gasteiger partial charge in [0.2, 0.25) is 0 Å². The third-order valence-electron chi connectivity index (χ3n) is 3.98. The Morgan fingerprint density at radius 1 is 1.28 bits per heavy atom. The molecule has 0 saturated heterocycles. The molecule has 1 aromatic rings. The molecule has 0 aromatic heterocycles. The number of carboxylic acids is 1. The van der Waals surface area contributed by atoms with Crippen molar-refractivity contribution < 1.29 is 19.0 Å². The number of unbranched alkanes of at least 4 members (excludes halogenated alkanes) is 1. The average molecular weight is 409 g/mol. The largest absolute Gasteiger partial charge is 0.481 e. The number of carboxylic acid groups (broad SMARTS) is 1. The Kier molecular flexibility index (Phi) is 8.04. The molecule has 0 aliphatic carbocycles. The lowest BCUT2D eigenvalue weighted by molar-refractivity contribution is -0.137. The average Bonchev–Trinajstić information content (AvgIpc) is 2.58. The molecule has 0 saturated carbocycles. The summed E-state index contributed by atoms with van der Waals surface area (Å²) in [5.41, 5.74) is 2.06. The summed E-state index contributed by atoms with van der Waals surface area (Å²) in [5.74, 6) is 0.519. The van der Waals surface area contributed by atoms with Gasteiger partial charge in [-0.05, 0) is 30.9 Å². The third kappa shape index (κ3) is 5.87. The summed E-state index contributed by atoms with van der Waals surface area (Å²) in [5, 5.41) is 11.7. The van der Waals surface area contributed by atoms with Gasteiger partial charge >= 0.3 is 13.6 Å². The molecule has 140 valence electrons. The van der Waals surface area contributed by atoms with Gasteiger partial charge in [-0.25, -0.2) is 14.3 Å². The summed E-state index contributed by atoms with van der Waals surface area (Å²) in [6, 6.07) is 5.78. The van der Waals surface area contributed by atoms with Gasteiger partial charge in [0.1, 0.15) is 5.75 Å². The summed E-state index contributed by atoms with van der Waals surface area (Å²) in [7, 11) is -3.19. The van der Waals surface area contributed by atoms with Gasteiger partial charge in [0.15, 0.2) is 0 Å². The predicted octanol–water partition coefficient (Wildman–Crippen LogP) is 3.85. The summed E-state index contributed by atoms with van der Waals surface area (Å²) < 4.78 is 20.5. The second kappa shape index (κ2) is 9.79. The highest BCUT2D eigenvalue weighted by Crippen LogP contribution is 2.51. The Hall–Kier alpha value is -0.780. The van der Waals surface area contributed by atoms with Crippen LogP contribution in [0.15, 0.2) is 18.2 Å². The zero-order valence-corrected chi connectivity index (χ0v) is 16.3. The second-order valence-electron chi connectivity index (χ2n) is 5.82. The number of rotatable bonds is 10. The van der Waals surface area contributed by atoms with Crippen LogP contribution in [0.4, 0.5) is 0 Å². The topological polar surface area (TPSA) is 78.9 Å². The number of carbonyl (C=O) groups is 1. The van der Waals surface area contributed by atoms with Crippen LogP contribution in [0.1, 0.15) is 30.4 Å². The van der Waals surface area contributed by atoms with E-state index < -0.39 is 13.6 Å². The minimum absolute atomic E-state index is 0.190. The van der Waals surface area contributed by atoms with Gasteiger partial charge in [-0.2, -0.15) is 0 Å². The smallest absolute Gasteiger partial charge is 0.393 e. The fourth-order valence-electron chi connectivity index (χ4n) is 2.70. The Labute approximate surface area is 158 Å². The van der Waals surface area contributed by atoms with E-state index in [4.69, 9.17) is 32.8 Å². The van der Waals surface area contributed by atoms with Gasteiger partial charge in [0.05, 0.1) is 0 Å². The molecule has 1 aromatic carbocycles. The molecular weight excluding hydrogens is 386 g/mol. The van der Waals surface area contributed by atoms with Crippen LogP contribution in [0.5, 0.6) is 5.75 Å². The van der Waals surface area contributed by atoms with Crippen molar-refractivity contribution >= 4 is 36.8 Å². The minimum Gasteiger partial charge on any atom is -0.481 e. The minimum atomic E-state index is -3.19. The molecule has 2 N–H and O–H groups in total. The van der Waals surface area contributed by atoms with Gasteiger partial charge in [-0.1, -0.05) is 12.1 Å². The van der Waals surface area contributed by atoms with E-state index in [1.807, 2.05) is 18.2 Å². The van der Waals surface area contributed by atoms with Crippen LogP contribution in [-0.2, 0) is 22.3 Å². The Morgan fingerprint density at radius 3 is 2.64 bits per heavy atom. The fourth-order valence-corrected chi connectivity index (χ4v) is 5.26. The number of fused-ring (bicyclic) bond motifs is 1. The first-order chi connectivity index (χ1) is 12.0. The lowest BCUT2D eigenvalue weighted by Gasteiger charge is -2.34. The van der Waals surface area contributed by atoms with Gasteiger partial charge in [0.25, 0.3) is 0 Å². The van der Waals surface area contributed by atoms with Crippen molar-refractivity contribution in [3.63, 3.8) is 0 Å². The van der Waals surface area contributed by atoms with Crippen molar-refractivity contribution in [1.29, 1.82) is 0 Å². The Balaban J connectivity index is 2.01. The zero-order chi connectivity index (χ0) is 18.3. The normalized spacial score (nSPS) is 19.5. The standard InChI is InChI=1S/C16H23Cl2N2O4P/c17-7-9-20(10-8-18)25(23)19-12-14-11-13(5-6-15(14)24-25)3-1-2-4-16(21)22/h5-6,11H,1-4,7-10,12H2,(H,19,23)(H,21,22). The Morgan fingerprint density at radius 2 is 2.00 bits per heavy atom. The number of nitrogens with one attached hydrogen (secondary N) is 1. The zero-order valence-electron chi connectivity index (χ0n) is 13.9. The van der Waals surface area contributed by atoms with Crippen LogP contribution in [-0.4, -0.2) is 40.6 Å². The first kappa shape index (κ1) is 20.5. The number of benzene rings is 1. The van der Waals surface area contributed by atoms with Crippen molar-refractivity contribution in [3.05, 3.63) is 29.3 Å². The quantitative estimate of drug-likeness (QED) is 0.347. The van der Waals surface area contributed by atoms with Gasteiger partial charge < -0.3 is 9.63 Å². The summed E-state index contributed by atoms with van der Waals surface area (Å²) in [4.78, 5) is 10.5. The number of aryl methyl sites for hydroxylation is 1. The van der Waals surface area contributed by atoms with Crippen molar-refractivity contribution in [2.45, 2.75) is 32.2 Å². The molecule has 1 aliphatic rings. The van der Waals surface area contributed by atoms with E-state index in [1.165, 1.54) is 0 Å². The van der Waals surface area contributed by atoms with E-state index >= 15 is 0 Å². The summed E-state index contributed by atoms with van der Waals surface area (Å²) in [6.07, 6.45) is 2.47. The van der Waals surface area contributed by atoms with Crippen LogP contribution in [0, 0.1) is 0 Å². The molecule has 2 rings (SSSR count). The molecule has 0 radical (unpaired) electrons. The van der Waals surface area contributed by atoms with E-state index in [-0.39, 0.29) is 6.42 Å². The highest BCUT2D eigenvalue weighted by Gasteiger charge is 2.36. The predicted molar refractivity (Wildman–Crippen MR) is 99.7 cm³/mol. The van der Waals surface area contributed by atoms with E-state index in [0.29, 0.717) is 43.6 Å². The lowest BCUT2D eigenvalue weighted by atomic mass is 10.0. The maximum absolute atomic E-state index is 13.1. The molecule has 0 spiro atoms. The highest BCUT2D eigenvalue weighted by atomic mass is 35.5. The van der Waals surface area contributed by atoms with Gasteiger partial charge in [-0.3, -0.25) is 4.79 Å². The van der Waals surface area contributed by atoms with Crippen LogP contribution in [0.2, 0.25) is 0 Å². The molecule has 0 fully saturated rings. The maximum Gasteiger partial charge on any atom is 0.393 e. The van der Waals surface area contributed by atoms with Crippen molar-refractivity contribution in [2.24, 2.45) is 0 Å². The molecule has 1 aliphatic heterocycles. The fraction of sp³-hybridized carbons (Fsp3) is 0.562. The molecule has 6 nitrogen and oxygen atoms in total. The van der Waals surface area contributed by atoms with Crippen LogP contribution in [0.25, 0.3) is 0 Å². The monoisotopic (exact) mass is 408 g/mol. The highest BCUT2D eigenvalue weighted by molar-refractivity contribution is 7.54. The molecular formula is C16H23Cl2N2O4P. The van der Waals surface area contributed by atoms with Gasteiger partial charge in [-0.15, -0.1) is 23.2 Å². The molecule has 1 unspecified atom stereocenters. The molecule has 9 heteroatoms. The van der Waals surface area contributed by atoms with Crippen LogP contribution in [0.3, 0.4) is 0 Å². The molecule has 0 bridgehead atoms. The first-order valence-electron chi connectivity index (χ1n) is 8.24. The second-order valence-corrected chi connectivity index (χ2v) is 8.68. The number of nitrogens with zero attached hydrogens (tertiary/aromatic N) is 1. The van der Waals surface area contributed by atoms with E-state index in [1.54, 1.807) is 4.67 Å². The number of hydrogen-bond donors (Lipinski definition) is 2. The molecule has 25 heavy (non-hydrogen) atoms. The molecule has 1 heterocycles. The van der Waals surface area contributed by atoms with Gasteiger partial charge in [0, 0.05) is 43.4 Å². The van der Waals surface area contributed by atoms with Crippen molar-refractivity contribution in [2.75, 3.05) is 24.8 Å². The Bertz CT molecular complexity index is 639. The number of alkyl halides is 2. The van der Waals surface area contributed by atoms with E-state index in [9.17, 15) is 9.36 Å². The summed E-state index contributed by atoms with van der Waals surface area (Å²) in [6.45, 7) is 1.29. The lowest BCUT2D eigenvalue weighted by Crippen LogP contribution is -2.35. The van der Waals surface area contributed by atoms with Crippen molar-refractivity contribution in [1.82, 2.24) is 9.76 Å². The van der Waals surface area contributed by atoms with Crippen molar-refractivity contribution in [3.8, 4) is 5.75 Å². The molecule has 0 amide bonds. The SMILES string of the molecule is O=C(O)CCCCc1ccc2c(c1)CNP(=O)(N(CCCl)CCCl)O2. The number of halogens is 2. The van der Waals surface area contributed by atoms with E-state index in [2.05, 4.69) is 5.09 Å². The number of aliphatic carboxylic acids is 1. The maximum atomic E-state index is 13.1. The third-order valence-corrected chi connectivity index (χ3v) is 6.46. The van der Waals surface area contributed by atoms with Crippen LogP contribution >= 0.6 is 30.9 Å². The van der Waals surface area contributed by atoms with Crippen LogP contribution < -0.4 is 9.61 Å². The first-order valence-corrected chi connectivity index (χ1v) is 10.9. The van der Waals surface area contributed by atoms with E-state index in [0.717, 1.165) is 24.0 Å². The summed E-state index contributed by atoms with van der Waals surface area (Å²) >= 11 is 11.6. The number of hydrogen-bond acceptors (Lipinski definition) is 3.